The summed E-state index contributed by atoms with van der Waals surface area (Å²) in [6.07, 6.45) is 6.02. The first-order valence-corrected chi connectivity index (χ1v) is 7.82. The Morgan fingerprint density at radius 2 is 1.10 bits per heavy atom. The Morgan fingerprint density at radius 1 is 0.900 bits per heavy atom. The topological polar surface area (TPSA) is 0 Å². The monoisotopic (exact) mass is 190 g/mol. The van der Waals surface area contributed by atoms with Crippen LogP contribution in [0.2, 0.25) is 0 Å². The lowest BCUT2D eigenvalue weighted by molar-refractivity contribution is 0.865. The highest BCUT2D eigenvalue weighted by atomic mass is 32.3. The van der Waals surface area contributed by atoms with E-state index in [1.54, 1.807) is 6.92 Å². The van der Waals surface area contributed by atoms with Gasteiger partial charge >= 0.3 is 0 Å². The standard InChI is InChI=1S/C6H16F2S2/c1-6(9(2,3)7)10(4,5)8/h6H,1-5H3. The molecule has 0 rings (SSSR count). The summed E-state index contributed by atoms with van der Waals surface area (Å²) in [5, 5.41) is 0. The maximum atomic E-state index is 13.1. The number of hydrogen-bond donors (Lipinski definition) is 0. The fraction of sp³-hybridized carbons (Fsp3) is 1.00. The molecule has 0 heterocycles. The van der Waals surface area contributed by atoms with Crippen LogP contribution in [0.1, 0.15) is 6.92 Å². The largest absolute Gasteiger partial charge is 0.189 e. The Labute approximate surface area is 65.6 Å². The molecule has 4 heteroatoms. The zero-order valence-corrected chi connectivity index (χ0v) is 8.78. The van der Waals surface area contributed by atoms with E-state index in [2.05, 4.69) is 0 Å². The highest BCUT2D eigenvalue weighted by Crippen LogP contribution is 2.63. The van der Waals surface area contributed by atoms with Crippen molar-refractivity contribution in [1.29, 1.82) is 0 Å². The minimum atomic E-state index is -2.20. The molecule has 0 aromatic carbocycles. The minimum Gasteiger partial charge on any atom is -0.189 e. The van der Waals surface area contributed by atoms with E-state index in [1.807, 2.05) is 0 Å². The van der Waals surface area contributed by atoms with Gasteiger partial charge < -0.3 is 0 Å². The molecule has 0 aromatic heterocycles. The van der Waals surface area contributed by atoms with Crippen molar-refractivity contribution in [1.82, 2.24) is 0 Å². The molecule has 10 heavy (non-hydrogen) atoms. The summed E-state index contributed by atoms with van der Waals surface area (Å²) in [5.41, 5.74) is 0. The van der Waals surface area contributed by atoms with Crippen molar-refractivity contribution in [2.75, 3.05) is 25.0 Å². The third-order valence-corrected chi connectivity index (χ3v) is 7.48. The van der Waals surface area contributed by atoms with E-state index in [4.69, 9.17) is 0 Å². The second-order valence-corrected chi connectivity index (χ2v) is 9.94. The molecule has 0 aliphatic carbocycles. The van der Waals surface area contributed by atoms with Crippen LogP contribution in [-0.2, 0) is 0 Å². The smallest absolute Gasteiger partial charge is 0.0667 e. The van der Waals surface area contributed by atoms with Gasteiger partial charge in [0.05, 0.1) is 4.58 Å². The normalized spacial score (nSPS) is 17.6. The molecule has 0 saturated carbocycles. The molecular formula is C6H16F2S2. The molecule has 0 nitrogen and oxygen atoms in total. The highest BCUT2D eigenvalue weighted by Gasteiger charge is 2.30. The Hall–Kier alpha value is 0.560. The van der Waals surface area contributed by atoms with Gasteiger partial charge in [-0.05, 0) is 31.9 Å². The minimum absolute atomic E-state index is 0.403. The van der Waals surface area contributed by atoms with Crippen LogP contribution in [0.15, 0.2) is 0 Å². The third kappa shape index (κ3) is 3.10. The summed E-state index contributed by atoms with van der Waals surface area (Å²) < 4.78 is 25.9. The molecular weight excluding hydrogens is 174 g/mol. The van der Waals surface area contributed by atoms with Crippen LogP contribution < -0.4 is 0 Å². The van der Waals surface area contributed by atoms with Gasteiger partial charge in [0.2, 0.25) is 0 Å². The van der Waals surface area contributed by atoms with Crippen LogP contribution in [0.3, 0.4) is 0 Å². The van der Waals surface area contributed by atoms with Crippen LogP contribution in [0.5, 0.6) is 0 Å². The van der Waals surface area contributed by atoms with Crippen molar-refractivity contribution in [3.63, 3.8) is 0 Å². The summed E-state index contributed by atoms with van der Waals surface area (Å²) in [6, 6.07) is 0. The highest BCUT2D eigenvalue weighted by molar-refractivity contribution is 8.44. The predicted molar refractivity (Wildman–Crippen MR) is 50.6 cm³/mol. The molecule has 0 radical (unpaired) electrons. The number of hydrogen-bond acceptors (Lipinski definition) is 0. The second-order valence-electron chi connectivity index (χ2n) is 3.12. The van der Waals surface area contributed by atoms with Gasteiger partial charge in [-0.1, -0.05) is 20.8 Å². The van der Waals surface area contributed by atoms with E-state index in [9.17, 15) is 7.77 Å². The molecule has 0 N–H and O–H groups in total. The van der Waals surface area contributed by atoms with Crippen LogP contribution in [0.4, 0.5) is 7.77 Å². The zero-order chi connectivity index (χ0) is 8.58. The van der Waals surface area contributed by atoms with Crippen LogP contribution in [0.25, 0.3) is 0 Å². The molecule has 0 amide bonds. The van der Waals surface area contributed by atoms with Crippen molar-refractivity contribution in [3.8, 4) is 0 Å². The summed E-state index contributed by atoms with van der Waals surface area (Å²) in [5.74, 6) is 0. The van der Waals surface area contributed by atoms with Crippen LogP contribution in [0, 0.1) is 0 Å². The number of rotatable bonds is 2. The third-order valence-electron chi connectivity index (χ3n) is 1.58. The average Bonchev–Trinajstić information content (AvgIpc) is 1.59. The first-order valence-electron chi connectivity index (χ1n) is 2.99. The van der Waals surface area contributed by atoms with E-state index in [-0.39, 0.29) is 0 Å². The molecule has 0 atom stereocenters. The lowest BCUT2D eigenvalue weighted by Crippen LogP contribution is -2.13. The predicted octanol–water partition coefficient (Wildman–Crippen LogP) is 3.23. The Bertz CT molecular complexity index is 97.9. The van der Waals surface area contributed by atoms with Crippen LogP contribution >= 0.6 is 20.8 Å². The lowest BCUT2D eigenvalue weighted by Gasteiger charge is -2.38. The second kappa shape index (κ2) is 2.89. The number of halogens is 2. The van der Waals surface area contributed by atoms with Crippen molar-refractivity contribution in [2.24, 2.45) is 0 Å². The van der Waals surface area contributed by atoms with Crippen LogP contribution in [-0.4, -0.2) is 29.6 Å². The van der Waals surface area contributed by atoms with Gasteiger partial charge in [0, 0.05) is 0 Å². The summed E-state index contributed by atoms with van der Waals surface area (Å²) >= 11 is 0. The quantitative estimate of drug-likeness (QED) is 0.627. The van der Waals surface area contributed by atoms with Crippen molar-refractivity contribution in [2.45, 2.75) is 11.5 Å². The molecule has 66 valence electrons. The zero-order valence-electron chi connectivity index (χ0n) is 7.15. The Balaban J connectivity index is 4.23. The van der Waals surface area contributed by atoms with Gasteiger partial charge in [0.15, 0.2) is 0 Å². The van der Waals surface area contributed by atoms with Gasteiger partial charge in [-0.3, -0.25) is 0 Å². The molecule has 0 spiro atoms. The maximum absolute atomic E-state index is 13.1. The van der Waals surface area contributed by atoms with Gasteiger partial charge in [-0.2, -0.15) is 7.77 Å². The fourth-order valence-electron chi connectivity index (χ4n) is 0.544. The molecule has 0 bridgehead atoms. The van der Waals surface area contributed by atoms with Crippen molar-refractivity contribution in [3.05, 3.63) is 0 Å². The lowest BCUT2D eigenvalue weighted by atomic mass is 11.0. The first kappa shape index (κ1) is 10.6. The van der Waals surface area contributed by atoms with Gasteiger partial charge in [0.1, 0.15) is 0 Å². The van der Waals surface area contributed by atoms with Gasteiger partial charge in [-0.25, -0.2) is 0 Å². The first-order chi connectivity index (χ1) is 4.15. The molecule has 0 unspecified atom stereocenters. The van der Waals surface area contributed by atoms with E-state index in [0.29, 0.717) is 0 Å². The van der Waals surface area contributed by atoms with Gasteiger partial charge in [-0.15, -0.1) is 0 Å². The van der Waals surface area contributed by atoms with Gasteiger partial charge in [0.25, 0.3) is 0 Å². The average molecular weight is 190 g/mol. The summed E-state index contributed by atoms with van der Waals surface area (Å²) in [7, 11) is -4.40. The van der Waals surface area contributed by atoms with E-state index in [1.165, 1.54) is 25.0 Å². The fourth-order valence-corrected chi connectivity index (χ4v) is 4.90. The molecule has 0 aliphatic heterocycles. The van der Waals surface area contributed by atoms with Crippen molar-refractivity contribution >= 4 is 20.8 Å². The molecule has 0 aliphatic rings. The van der Waals surface area contributed by atoms with E-state index < -0.39 is 25.4 Å². The van der Waals surface area contributed by atoms with E-state index in [0.717, 1.165) is 0 Å². The summed E-state index contributed by atoms with van der Waals surface area (Å²) in [6.45, 7) is 1.66. The Kier molecular flexibility index (Phi) is 3.06. The maximum Gasteiger partial charge on any atom is 0.0667 e. The molecule has 0 saturated heterocycles. The summed E-state index contributed by atoms with van der Waals surface area (Å²) in [4.78, 5) is 0. The Morgan fingerprint density at radius 3 is 1.10 bits per heavy atom. The van der Waals surface area contributed by atoms with Crippen molar-refractivity contribution < 1.29 is 7.77 Å². The SMILES string of the molecule is CC(S(C)(C)F)S(C)(C)F. The van der Waals surface area contributed by atoms with E-state index >= 15 is 0 Å². The molecule has 0 aromatic rings. The molecule has 0 fully saturated rings.